The molecule has 2 aromatic carbocycles. The summed E-state index contributed by atoms with van der Waals surface area (Å²) in [4.78, 5) is 12.0. The van der Waals surface area contributed by atoms with Gasteiger partial charge in [-0.2, -0.15) is 0 Å². The van der Waals surface area contributed by atoms with E-state index in [0.29, 0.717) is 26.2 Å². The van der Waals surface area contributed by atoms with Crippen LogP contribution < -0.4 is 4.74 Å². The van der Waals surface area contributed by atoms with Crippen LogP contribution in [0.25, 0.3) is 0 Å². The Morgan fingerprint density at radius 1 is 1.07 bits per heavy atom. The van der Waals surface area contributed by atoms with Crippen LogP contribution in [0.2, 0.25) is 0 Å². The second kappa shape index (κ2) is 12.4. The van der Waals surface area contributed by atoms with Crippen LogP contribution in [-0.2, 0) is 20.7 Å². The summed E-state index contributed by atoms with van der Waals surface area (Å²) in [6.45, 7) is 4.85. The van der Waals surface area contributed by atoms with Gasteiger partial charge in [-0.25, -0.2) is 4.79 Å². The molecule has 0 aromatic heterocycles. The highest BCUT2D eigenvalue weighted by molar-refractivity contribution is 5.75. The molecule has 0 saturated carbocycles. The lowest BCUT2D eigenvalue weighted by Crippen LogP contribution is -2.29. The van der Waals surface area contributed by atoms with Crippen molar-refractivity contribution in [2.75, 3.05) is 19.8 Å². The Labute approximate surface area is 167 Å². The molecule has 0 fully saturated rings. The molecule has 2 aromatic rings. The lowest BCUT2D eigenvalue weighted by molar-refractivity contribution is -0.156. The van der Waals surface area contributed by atoms with Crippen molar-refractivity contribution >= 4 is 5.97 Å². The second-order valence-corrected chi connectivity index (χ2v) is 5.90. The summed E-state index contributed by atoms with van der Waals surface area (Å²) in [6.07, 6.45) is 3.49. The van der Waals surface area contributed by atoms with Crippen molar-refractivity contribution in [3.05, 3.63) is 77.9 Å². The summed E-state index contributed by atoms with van der Waals surface area (Å²) in [5.41, 5.74) is 1.93. The van der Waals surface area contributed by atoms with E-state index in [4.69, 9.17) is 14.2 Å². The van der Waals surface area contributed by atoms with Gasteiger partial charge in [-0.3, -0.25) is 0 Å². The summed E-state index contributed by atoms with van der Waals surface area (Å²) >= 11 is 0. The Hall–Kier alpha value is -3.03. The molecule has 0 N–H and O–H groups in total. The van der Waals surface area contributed by atoms with Gasteiger partial charge in [0.25, 0.3) is 0 Å². The lowest BCUT2D eigenvalue weighted by atomic mass is 10.1. The minimum atomic E-state index is -0.603. The predicted molar refractivity (Wildman–Crippen MR) is 110 cm³/mol. The smallest absolute Gasteiger partial charge is 0.335 e. The predicted octanol–water partition coefficient (Wildman–Crippen LogP) is 4.18. The molecule has 0 aliphatic rings. The van der Waals surface area contributed by atoms with Crippen LogP contribution in [0.15, 0.2) is 66.7 Å². The number of carbonyl (C=O) groups excluding carboxylic acids is 1. The molecule has 0 heterocycles. The Balaban J connectivity index is 1.87. The maximum absolute atomic E-state index is 12.0. The zero-order valence-corrected chi connectivity index (χ0v) is 16.4. The highest BCUT2D eigenvalue weighted by Crippen LogP contribution is 2.16. The van der Waals surface area contributed by atoms with Gasteiger partial charge >= 0.3 is 5.97 Å². The molecule has 146 valence electrons. The standard InChI is InChI=1S/C24H26O4/c1-3-26-23(24(25)27-4-2)19-21-15-11-16-22(18-21)28-17-10-6-9-14-20-12-7-5-8-13-20/h5-8,10-13,15-16,18,23H,3-4,17,19H2,1-2H3/b10-6+. The number of esters is 1. The van der Waals surface area contributed by atoms with Gasteiger partial charge in [0.15, 0.2) is 6.10 Å². The molecular formula is C24H26O4. The summed E-state index contributed by atoms with van der Waals surface area (Å²) in [5.74, 6) is 6.44. The first-order chi connectivity index (χ1) is 13.7. The molecule has 2 rings (SSSR count). The number of hydrogen-bond acceptors (Lipinski definition) is 4. The molecule has 28 heavy (non-hydrogen) atoms. The fourth-order valence-corrected chi connectivity index (χ4v) is 2.52. The van der Waals surface area contributed by atoms with Crippen LogP contribution in [0.1, 0.15) is 25.0 Å². The fraction of sp³-hybridized carbons (Fsp3) is 0.292. The van der Waals surface area contributed by atoms with E-state index in [1.807, 2.05) is 67.6 Å². The van der Waals surface area contributed by atoms with Crippen LogP contribution >= 0.6 is 0 Å². The van der Waals surface area contributed by atoms with Crippen molar-refractivity contribution in [3.63, 3.8) is 0 Å². The van der Waals surface area contributed by atoms with Crippen LogP contribution in [0.4, 0.5) is 0 Å². The summed E-state index contributed by atoms with van der Waals surface area (Å²) in [5, 5.41) is 0. The zero-order chi connectivity index (χ0) is 20.0. The summed E-state index contributed by atoms with van der Waals surface area (Å²) < 4.78 is 16.3. The second-order valence-electron chi connectivity index (χ2n) is 5.90. The van der Waals surface area contributed by atoms with E-state index < -0.39 is 6.10 Å². The van der Waals surface area contributed by atoms with Gasteiger partial charge in [0.05, 0.1) is 6.61 Å². The molecule has 0 spiro atoms. The van der Waals surface area contributed by atoms with Gasteiger partial charge in [0.1, 0.15) is 12.4 Å². The maximum atomic E-state index is 12.0. The van der Waals surface area contributed by atoms with Gasteiger partial charge < -0.3 is 14.2 Å². The molecule has 1 atom stereocenters. The Morgan fingerprint density at radius 2 is 1.89 bits per heavy atom. The fourth-order valence-electron chi connectivity index (χ4n) is 2.52. The number of carbonyl (C=O) groups is 1. The van der Waals surface area contributed by atoms with Crippen LogP contribution in [-0.4, -0.2) is 31.9 Å². The summed E-state index contributed by atoms with van der Waals surface area (Å²) in [6, 6.07) is 17.5. The normalized spacial score (nSPS) is 11.5. The highest BCUT2D eigenvalue weighted by atomic mass is 16.6. The lowest BCUT2D eigenvalue weighted by Gasteiger charge is -2.16. The summed E-state index contributed by atoms with van der Waals surface area (Å²) in [7, 11) is 0. The molecule has 0 bridgehead atoms. The first-order valence-electron chi connectivity index (χ1n) is 9.44. The van der Waals surface area contributed by atoms with Crippen molar-refractivity contribution in [1.29, 1.82) is 0 Å². The van der Waals surface area contributed by atoms with Crippen molar-refractivity contribution in [3.8, 4) is 17.6 Å². The van der Waals surface area contributed by atoms with Gasteiger partial charge in [0, 0.05) is 18.6 Å². The maximum Gasteiger partial charge on any atom is 0.335 e. The first-order valence-corrected chi connectivity index (χ1v) is 9.44. The van der Waals surface area contributed by atoms with E-state index in [-0.39, 0.29) is 5.97 Å². The third kappa shape index (κ3) is 7.69. The average Bonchev–Trinajstić information content (AvgIpc) is 2.71. The number of rotatable bonds is 9. The van der Waals surface area contributed by atoms with E-state index in [9.17, 15) is 4.79 Å². The number of allylic oxidation sites excluding steroid dienone is 1. The molecule has 0 amide bonds. The van der Waals surface area contributed by atoms with Crippen LogP contribution in [0.3, 0.4) is 0 Å². The number of hydrogen-bond donors (Lipinski definition) is 0. The van der Waals surface area contributed by atoms with Crippen LogP contribution in [0.5, 0.6) is 5.75 Å². The van der Waals surface area contributed by atoms with Gasteiger partial charge in [-0.05, 0) is 55.8 Å². The monoisotopic (exact) mass is 378 g/mol. The van der Waals surface area contributed by atoms with E-state index >= 15 is 0 Å². The molecule has 0 saturated heterocycles. The average molecular weight is 378 g/mol. The number of benzene rings is 2. The van der Waals surface area contributed by atoms with Crippen molar-refractivity contribution in [2.45, 2.75) is 26.4 Å². The molecule has 1 unspecified atom stereocenters. The largest absolute Gasteiger partial charge is 0.490 e. The van der Waals surface area contributed by atoms with E-state index in [1.165, 1.54) is 0 Å². The minimum Gasteiger partial charge on any atom is -0.490 e. The molecule has 4 nitrogen and oxygen atoms in total. The Kier molecular flexibility index (Phi) is 9.40. The number of ether oxygens (including phenoxy) is 3. The van der Waals surface area contributed by atoms with E-state index in [2.05, 4.69) is 11.8 Å². The Morgan fingerprint density at radius 3 is 2.64 bits per heavy atom. The molecule has 0 radical (unpaired) electrons. The molecular weight excluding hydrogens is 352 g/mol. The van der Waals surface area contributed by atoms with Crippen molar-refractivity contribution < 1.29 is 19.0 Å². The third-order valence-electron chi connectivity index (χ3n) is 3.77. The van der Waals surface area contributed by atoms with Crippen molar-refractivity contribution in [2.24, 2.45) is 0 Å². The topological polar surface area (TPSA) is 44.8 Å². The first kappa shape index (κ1) is 21.3. The molecule has 0 aliphatic carbocycles. The van der Waals surface area contributed by atoms with Crippen LogP contribution in [0, 0.1) is 11.8 Å². The Bertz CT molecular complexity index is 815. The quantitative estimate of drug-likeness (QED) is 0.485. The SMILES string of the molecule is CCOC(=O)C(Cc1cccc(OC/C=C/C#Cc2ccccc2)c1)OCC. The van der Waals surface area contributed by atoms with Gasteiger partial charge in [0.2, 0.25) is 0 Å². The third-order valence-corrected chi connectivity index (χ3v) is 3.77. The van der Waals surface area contributed by atoms with E-state index in [0.717, 1.165) is 16.9 Å². The van der Waals surface area contributed by atoms with Gasteiger partial charge in [-0.1, -0.05) is 42.2 Å². The molecule has 4 heteroatoms. The van der Waals surface area contributed by atoms with Gasteiger partial charge in [-0.15, -0.1) is 0 Å². The highest BCUT2D eigenvalue weighted by Gasteiger charge is 2.20. The molecule has 0 aliphatic heterocycles. The van der Waals surface area contributed by atoms with Crippen molar-refractivity contribution in [1.82, 2.24) is 0 Å². The van der Waals surface area contributed by atoms with E-state index in [1.54, 1.807) is 13.0 Å². The zero-order valence-electron chi connectivity index (χ0n) is 16.4. The minimum absolute atomic E-state index is 0.337.